The molecule has 0 saturated heterocycles. The van der Waals surface area contributed by atoms with Crippen molar-refractivity contribution >= 4 is 28.3 Å². The number of aromatic nitrogens is 3. The summed E-state index contributed by atoms with van der Waals surface area (Å²) in [7, 11) is 1.64. The molecule has 27 heavy (non-hydrogen) atoms. The molecule has 0 spiro atoms. The van der Waals surface area contributed by atoms with Gasteiger partial charge in [-0.15, -0.1) is 11.3 Å². The molecule has 4 rings (SSSR count). The monoisotopic (exact) mass is 378 g/mol. The van der Waals surface area contributed by atoms with Crippen molar-refractivity contribution < 1.29 is 9.53 Å². The van der Waals surface area contributed by atoms with Crippen LogP contribution in [-0.4, -0.2) is 33.3 Å². The molecule has 0 aliphatic carbocycles. The lowest BCUT2D eigenvalue weighted by Crippen LogP contribution is -2.30. The molecule has 0 fully saturated rings. The van der Waals surface area contributed by atoms with Crippen LogP contribution in [-0.2, 0) is 13.1 Å². The Balaban J connectivity index is 1.66. The molecule has 2 aromatic heterocycles. The average Bonchev–Trinajstić information content (AvgIpc) is 3.38. The van der Waals surface area contributed by atoms with E-state index in [1.165, 1.54) is 0 Å². The fraction of sp³-hybridized carbons (Fsp3) is 0.150. The van der Waals surface area contributed by atoms with Gasteiger partial charge in [0.15, 0.2) is 0 Å². The minimum Gasteiger partial charge on any atom is -0.496 e. The second-order valence-electron chi connectivity index (χ2n) is 6.08. The van der Waals surface area contributed by atoms with Gasteiger partial charge in [0.05, 0.1) is 20.2 Å². The summed E-state index contributed by atoms with van der Waals surface area (Å²) < 4.78 is 5.46. The van der Waals surface area contributed by atoms with Gasteiger partial charge in [0.1, 0.15) is 16.8 Å². The van der Waals surface area contributed by atoms with Crippen LogP contribution in [0.2, 0.25) is 0 Å². The van der Waals surface area contributed by atoms with Gasteiger partial charge in [0.25, 0.3) is 5.91 Å². The molecule has 6 nitrogen and oxygen atoms in total. The van der Waals surface area contributed by atoms with Crippen molar-refractivity contribution in [3.8, 4) is 5.75 Å². The van der Waals surface area contributed by atoms with E-state index in [2.05, 4.69) is 15.4 Å². The Kier molecular flexibility index (Phi) is 4.84. The number of benzene rings is 2. The first-order valence-electron chi connectivity index (χ1n) is 8.48. The summed E-state index contributed by atoms with van der Waals surface area (Å²) in [6.45, 7) is 0.989. The van der Waals surface area contributed by atoms with E-state index in [0.29, 0.717) is 24.2 Å². The number of fused-ring (bicyclic) bond motifs is 1. The molecular formula is C20H18N4O2S. The van der Waals surface area contributed by atoms with Crippen molar-refractivity contribution in [3.63, 3.8) is 0 Å². The first-order chi connectivity index (χ1) is 13.2. The number of thiophene rings is 1. The highest BCUT2D eigenvalue weighted by Crippen LogP contribution is 2.23. The predicted octanol–water partition coefficient (Wildman–Crippen LogP) is 3.87. The van der Waals surface area contributed by atoms with Gasteiger partial charge in [0.2, 0.25) is 0 Å². The normalized spacial score (nSPS) is 10.9. The van der Waals surface area contributed by atoms with Crippen molar-refractivity contribution in [2.75, 3.05) is 7.11 Å². The minimum atomic E-state index is -0.0563. The Morgan fingerprint density at radius 1 is 1.07 bits per heavy atom. The number of H-pyrrole nitrogens is 1. The quantitative estimate of drug-likeness (QED) is 0.553. The molecule has 0 radical (unpaired) electrons. The van der Waals surface area contributed by atoms with Gasteiger partial charge >= 0.3 is 0 Å². The van der Waals surface area contributed by atoms with Crippen molar-refractivity contribution in [2.45, 2.75) is 13.1 Å². The molecule has 0 aliphatic heterocycles. The first kappa shape index (κ1) is 17.2. The zero-order valence-electron chi connectivity index (χ0n) is 14.8. The predicted molar refractivity (Wildman–Crippen MR) is 105 cm³/mol. The highest BCUT2D eigenvalue weighted by atomic mass is 32.1. The summed E-state index contributed by atoms with van der Waals surface area (Å²) in [6.07, 6.45) is 0. The molecular weight excluding hydrogens is 360 g/mol. The second-order valence-corrected chi connectivity index (χ2v) is 7.11. The zero-order valence-corrected chi connectivity index (χ0v) is 15.6. The van der Waals surface area contributed by atoms with Gasteiger partial charge < -0.3 is 9.64 Å². The van der Waals surface area contributed by atoms with E-state index in [9.17, 15) is 4.79 Å². The number of aromatic amines is 1. The number of nitrogens with one attached hydrogen (secondary N) is 1. The van der Waals surface area contributed by atoms with Gasteiger partial charge in [-0.1, -0.05) is 24.3 Å². The molecule has 1 amide bonds. The fourth-order valence-corrected chi connectivity index (χ4v) is 3.70. The van der Waals surface area contributed by atoms with Crippen LogP contribution in [0.4, 0.5) is 0 Å². The number of ether oxygens (including phenoxy) is 1. The van der Waals surface area contributed by atoms with Crippen molar-refractivity contribution in [1.29, 1.82) is 0 Å². The Labute approximate surface area is 160 Å². The minimum absolute atomic E-state index is 0.0563. The standard InChI is InChI=1S/C20H18N4O2S/c1-26-19-7-3-2-5-15(19)12-24(13-16-6-4-10-27-16)20(25)14-8-9-17-18(11-14)22-23-21-17/h2-11H,12-13H2,1H3,(H,21,22,23). The maximum Gasteiger partial charge on any atom is 0.254 e. The summed E-state index contributed by atoms with van der Waals surface area (Å²) in [5, 5.41) is 12.7. The lowest BCUT2D eigenvalue weighted by molar-refractivity contribution is 0.0731. The number of para-hydroxylation sites is 1. The molecule has 2 heterocycles. The molecule has 0 saturated carbocycles. The van der Waals surface area contributed by atoms with E-state index in [0.717, 1.165) is 21.7 Å². The highest BCUT2D eigenvalue weighted by Gasteiger charge is 2.19. The van der Waals surface area contributed by atoms with Crippen LogP contribution in [0.1, 0.15) is 20.8 Å². The molecule has 0 bridgehead atoms. The Hall–Kier alpha value is -3.19. The highest BCUT2D eigenvalue weighted by molar-refractivity contribution is 7.09. The van der Waals surface area contributed by atoms with Crippen LogP contribution in [0.25, 0.3) is 11.0 Å². The van der Waals surface area contributed by atoms with Crippen molar-refractivity contribution in [1.82, 2.24) is 20.3 Å². The first-order valence-corrected chi connectivity index (χ1v) is 9.36. The number of hydrogen-bond donors (Lipinski definition) is 1. The van der Waals surface area contributed by atoms with E-state index in [1.807, 2.05) is 46.7 Å². The SMILES string of the molecule is COc1ccccc1CN(Cc1cccs1)C(=O)c1ccc2n[nH]nc2c1. The molecule has 1 N–H and O–H groups in total. The Morgan fingerprint density at radius 3 is 2.74 bits per heavy atom. The van der Waals surface area contributed by atoms with Crippen molar-refractivity contribution in [2.24, 2.45) is 0 Å². The number of carbonyl (C=O) groups is 1. The van der Waals surface area contributed by atoms with E-state index in [1.54, 1.807) is 36.6 Å². The van der Waals surface area contributed by atoms with E-state index < -0.39 is 0 Å². The number of methoxy groups -OCH3 is 1. The Bertz CT molecular complexity index is 1060. The smallest absolute Gasteiger partial charge is 0.254 e. The maximum absolute atomic E-state index is 13.3. The van der Waals surface area contributed by atoms with Gasteiger partial charge in [-0.3, -0.25) is 4.79 Å². The molecule has 136 valence electrons. The lowest BCUT2D eigenvalue weighted by Gasteiger charge is -2.23. The number of rotatable bonds is 6. The summed E-state index contributed by atoms with van der Waals surface area (Å²) in [5.74, 6) is 0.715. The van der Waals surface area contributed by atoms with Crippen LogP contribution in [0, 0.1) is 0 Å². The summed E-state index contributed by atoms with van der Waals surface area (Å²) in [5.41, 5.74) is 2.96. The molecule has 2 aromatic carbocycles. The summed E-state index contributed by atoms with van der Waals surface area (Å²) >= 11 is 1.64. The summed E-state index contributed by atoms with van der Waals surface area (Å²) in [6, 6.07) is 17.2. The van der Waals surface area contributed by atoms with Gasteiger partial charge in [-0.25, -0.2) is 0 Å². The van der Waals surface area contributed by atoms with E-state index in [4.69, 9.17) is 4.74 Å². The number of hydrogen-bond acceptors (Lipinski definition) is 5. The number of amides is 1. The largest absolute Gasteiger partial charge is 0.496 e. The second kappa shape index (κ2) is 7.59. The molecule has 0 unspecified atom stereocenters. The zero-order chi connectivity index (χ0) is 18.6. The van der Waals surface area contributed by atoms with Gasteiger partial charge in [-0.2, -0.15) is 15.4 Å². The number of carbonyl (C=O) groups excluding carboxylic acids is 1. The van der Waals surface area contributed by atoms with Crippen molar-refractivity contribution in [3.05, 3.63) is 76.0 Å². The molecule has 0 atom stereocenters. The lowest BCUT2D eigenvalue weighted by atomic mass is 10.1. The third-order valence-corrected chi connectivity index (χ3v) is 5.19. The third-order valence-electron chi connectivity index (χ3n) is 4.33. The fourth-order valence-electron chi connectivity index (χ4n) is 2.99. The topological polar surface area (TPSA) is 71.1 Å². The van der Waals surface area contributed by atoms with Crippen LogP contribution >= 0.6 is 11.3 Å². The van der Waals surface area contributed by atoms with Gasteiger partial charge in [-0.05, 0) is 35.7 Å². The van der Waals surface area contributed by atoms with Crippen LogP contribution in [0.5, 0.6) is 5.75 Å². The average molecular weight is 378 g/mol. The van der Waals surface area contributed by atoms with Crippen LogP contribution < -0.4 is 4.74 Å². The maximum atomic E-state index is 13.3. The molecule has 4 aromatic rings. The number of nitrogens with zero attached hydrogens (tertiary/aromatic N) is 3. The summed E-state index contributed by atoms with van der Waals surface area (Å²) in [4.78, 5) is 16.2. The van der Waals surface area contributed by atoms with Gasteiger partial charge in [0, 0.05) is 16.0 Å². The van der Waals surface area contributed by atoms with E-state index >= 15 is 0 Å². The van der Waals surface area contributed by atoms with Crippen LogP contribution in [0.3, 0.4) is 0 Å². The Morgan fingerprint density at radius 2 is 1.93 bits per heavy atom. The van der Waals surface area contributed by atoms with Crippen LogP contribution in [0.15, 0.2) is 60.0 Å². The molecule has 0 aliphatic rings. The molecule has 7 heteroatoms. The van der Waals surface area contributed by atoms with E-state index in [-0.39, 0.29) is 5.91 Å². The third kappa shape index (κ3) is 3.68.